The second-order valence-corrected chi connectivity index (χ2v) is 3.66. The van der Waals surface area contributed by atoms with Gasteiger partial charge in [0.1, 0.15) is 0 Å². The molecule has 1 aromatic carbocycles. The van der Waals surface area contributed by atoms with Crippen LogP contribution in [0.15, 0.2) is 18.2 Å². The summed E-state index contributed by atoms with van der Waals surface area (Å²) in [6, 6.07) is 4.33. The molecule has 2 aromatic rings. The van der Waals surface area contributed by atoms with E-state index in [1.165, 1.54) is 12.1 Å². The van der Waals surface area contributed by atoms with Crippen LogP contribution in [-0.4, -0.2) is 11.4 Å². The van der Waals surface area contributed by atoms with E-state index in [0.717, 1.165) is 11.3 Å². The van der Waals surface area contributed by atoms with Crippen LogP contribution >= 0.6 is 11.3 Å². The van der Waals surface area contributed by atoms with Crippen LogP contribution in [0.5, 0.6) is 5.75 Å². The molecule has 0 fully saturated rings. The molecule has 0 aliphatic rings. The number of phenolic OH excluding ortho intramolecular Hbond substituents is 1. The summed E-state index contributed by atoms with van der Waals surface area (Å²) < 4.78 is 13.2. The maximum atomic E-state index is 12.8. The van der Waals surface area contributed by atoms with E-state index in [9.17, 15) is 14.3 Å². The van der Waals surface area contributed by atoms with Crippen molar-refractivity contribution in [1.29, 1.82) is 0 Å². The molecule has 4 heteroatoms. The van der Waals surface area contributed by atoms with Crippen LogP contribution in [0.25, 0.3) is 10.1 Å². The number of aromatic hydroxyl groups is 1. The molecule has 0 radical (unpaired) electrons. The summed E-state index contributed by atoms with van der Waals surface area (Å²) >= 11 is 1.08. The van der Waals surface area contributed by atoms with Crippen molar-refractivity contribution in [2.24, 2.45) is 0 Å². The fourth-order valence-electron chi connectivity index (χ4n) is 1.14. The number of phenols is 1. The lowest BCUT2D eigenvalue weighted by atomic mass is 10.2. The highest BCUT2D eigenvalue weighted by atomic mass is 32.1. The number of halogens is 1. The summed E-state index contributed by atoms with van der Waals surface area (Å²) in [6.07, 6.45) is 0.683. The van der Waals surface area contributed by atoms with Gasteiger partial charge in [-0.1, -0.05) is 6.07 Å². The molecule has 0 atom stereocenters. The Balaban J connectivity index is 2.83. The summed E-state index contributed by atoms with van der Waals surface area (Å²) in [6.45, 7) is 0. The average molecular weight is 196 g/mol. The molecule has 2 rings (SSSR count). The van der Waals surface area contributed by atoms with Gasteiger partial charge in [0.15, 0.2) is 17.9 Å². The van der Waals surface area contributed by atoms with Gasteiger partial charge in [-0.3, -0.25) is 4.79 Å². The maximum Gasteiger partial charge on any atom is 0.169 e. The quantitative estimate of drug-likeness (QED) is 0.711. The Hall–Kier alpha value is -1.42. The summed E-state index contributed by atoms with van der Waals surface area (Å²) in [5, 5.41) is 9.97. The minimum Gasteiger partial charge on any atom is -0.504 e. The Morgan fingerprint density at radius 2 is 2.23 bits per heavy atom. The summed E-state index contributed by atoms with van der Waals surface area (Å²) in [7, 11) is 0. The van der Waals surface area contributed by atoms with E-state index in [2.05, 4.69) is 0 Å². The first kappa shape index (κ1) is 8.19. The number of hydrogen-bond acceptors (Lipinski definition) is 3. The lowest BCUT2D eigenvalue weighted by Crippen LogP contribution is -1.73. The minimum atomic E-state index is -0.660. The highest BCUT2D eigenvalue weighted by Crippen LogP contribution is 2.33. The largest absolute Gasteiger partial charge is 0.504 e. The normalized spacial score (nSPS) is 10.5. The molecule has 1 aromatic heterocycles. The van der Waals surface area contributed by atoms with Gasteiger partial charge < -0.3 is 5.11 Å². The van der Waals surface area contributed by atoms with Crippen molar-refractivity contribution in [3.05, 3.63) is 28.9 Å². The van der Waals surface area contributed by atoms with Crippen molar-refractivity contribution in [2.45, 2.75) is 0 Å². The predicted octanol–water partition coefficient (Wildman–Crippen LogP) is 2.56. The van der Waals surface area contributed by atoms with Crippen molar-refractivity contribution >= 4 is 27.7 Å². The number of carbonyl (C=O) groups excluding carboxylic acids is 1. The molecule has 66 valence electrons. The van der Waals surface area contributed by atoms with Crippen molar-refractivity contribution < 1.29 is 14.3 Å². The molecular weight excluding hydrogens is 191 g/mol. The zero-order valence-electron chi connectivity index (χ0n) is 6.45. The Morgan fingerprint density at radius 3 is 2.92 bits per heavy atom. The first-order chi connectivity index (χ1) is 6.22. The third kappa shape index (κ3) is 1.19. The number of fused-ring (bicyclic) bond motifs is 1. The van der Waals surface area contributed by atoms with Gasteiger partial charge in [0.05, 0.1) is 9.58 Å². The zero-order chi connectivity index (χ0) is 9.42. The second-order valence-electron chi connectivity index (χ2n) is 2.58. The van der Waals surface area contributed by atoms with Crippen molar-refractivity contribution in [2.75, 3.05) is 0 Å². The number of aldehydes is 1. The van der Waals surface area contributed by atoms with Crippen molar-refractivity contribution in [1.82, 2.24) is 0 Å². The van der Waals surface area contributed by atoms with E-state index in [4.69, 9.17) is 0 Å². The van der Waals surface area contributed by atoms with E-state index in [1.807, 2.05) is 0 Å². The molecule has 0 unspecified atom stereocenters. The van der Waals surface area contributed by atoms with Gasteiger partial charge in [0, 0.05) is 0 Å². The van der Waals surface area contributed by atoms with Crippen LogP contribution < -0.4 is 0 Å². The van der Waals surface area contributed by atoms with Crippen molar-refractivity contribution in [3.8, 4) is 5.75 Å². The third-order valence-corrected chi connectivity index (χ3v) is 2.83. The maximum absolute atomic E-state index is 12.8. The average Bonchev–Trinajstić information content (AvgIpc) is 2.55. The summed E-state index contributed by atoms with van der Waals surface area (Å²) in [5.74, 6) is -1.04. The molecule has 0 spiro atoms. The monoisotopic (exact) mass is 196 g/mol. The van der Waals surface area contributed by atoms with Gasteiger partial charge in [0.25, 0.3) is 0 Å². The van der Waals surface area contributed by atoms with E-state index < -0.39 is 5.82 Å². The van der Waals surface area contributed by atoms with Gasteiger partial charge in [-0.25, -0.2) is 4.39 Å². The lowest BCUT2D eigenvalue weighted by molar-refractivity contribution is 0.112. The van der Waals surface area contributed by atoms with Crippen LogP contribution in [0.1, 0.15) is 9.67 Å². The van der Waals surface area contributed by atoms with Crippen LogP contribution in [0.2, 0.25) is 0 Å². The lowest BCUT2D eigenvalue weighted by Gasteiger charge is -1.94. The van der Waals surface area contributed by atoms with E-state index in [0.29, 0.717) is 21.2 Å². The highest BCUT2D eigenvalue weighted by molar-refractivity contribution is 7.20. The topological polar surface area (TPSA) is 37.3 Å². The molecule has 13 heavy (non-hydrogen) atoms. The molecular formula is C9H5FO2S. The SMILES string of the molecule is O=Cc1cc2ccc(F)c(O)c2s1. The molecule has 0 amide bonds. The zero-order valence-corrected chi connectivity index (χ0v) is 7.27. The molecule has 1 N–H and O–H groups in total. The molecule has 0 saturated heterocycles. The standard InChI is InChI=1S/C9H5FO2S/c10-7-2-1-5-3-6(4-11)13-9(5)8(7)12/h1-4,12H. The Kier molecular flexibility index (Phi) is 1.77. The predicted molar refractivity (Wildman–Crippen MR) is 48.8 cm³/mol. The smallest absolute Gasteiger partial charge is 0.169 e. The van der Waals surface area contributed by atoms with E-state index in [1.54, 1.807) is 6.07 Å². The van der Waals surface area contributed by atoms with Crippen LogP contribution in [-0.2, 0) is 0 Å². The molecule has 0 aliphatic heterocycles. The van der Waals surface area contributed by atoms with Gasteiger partial charge in [-0.2, -0.15) is 0 Å². The number of rotatable bonds is 1. The first-order valence-corrected chi connectivity index (χ1v) is 4.40. The minimum absolute atomic E-state index is 0.379. The Bertz CT molecular complexity index is 476. The Labute approximate surface area is 77.2 Å². The molecule has 1 heterocycles. The number of carbonyl (C=O) groups is 1. The van der Waals surface area contributed by atoms with Crippen molar-refractivity contribution in [3.63, 3.8) is 0 Å². The van der Waals surface area contributed by atoms with Crippen LogP contribution in [0.4, 0.5) is 4.39 Å². The van der Waals surface area contributed by atoms with E-state index in [-0.39, 0.29) is 5.75 Å². The summed E-state index contributed by atoms with van der Waals surface area (Å²) in [5.41, 5.74) is 0. The first-order valence-electron chi connectivity index (χ1n) is 3.58. The Morgan fingerprint density at radius 1 is 1.46 bits per heavy atom. The molecule has 0 saturated carbocycles. The van der Waals surface area contributed by atoms with Gasteiger partial charge in [0.2, 0.25) is 0 Å². The molecule has 2 nitrogen and oxygen atoms in total. The molecule has 0 aliphatic carbocycles. The molecule has 0 bridgehead atoms. The fourth-order valence-corrected chi connectivity index (χ4v) is 2.05. The fraction of sp³-hybridized carbons (Fsp3) is 0. The highest BCUT2D eigenvalue weighted by Gasteiger charge is 2.09. The van der Waals surface area contributed by atoms with Gasteiger partial charge in [-0.15, -0.1) is 11.3 Å². The van der Waals surface area contributed by atoms with E-state index >= 15 is 0 Å². The van der Waals surface area contributed by atoms with Crippen LogP contribution in [0.3, 0.4) is 0 Å². The second kappa shape index (κ2) is 2.81. The number of benzene rings is 1. The number of thiophene rings is 1. The third-order valence-electron chi connectivity index (χ3n) is 1.75. The number of hydrogen-bond donors (Lipinski definition) is 1. The van der Waals surface area contributed by atoms with Gasteiger partial charge >= 0.3 is 0 Å². The summed E-state index contributed by atoms with van der Waals surface area (Å²) in [4.78, 5) is 10.9. The van der Waals surface area contributed by atoms with Gasteiger partial charge in [-0.05, 0) is 17.5 Å². The van der Waals surface area contributed by atoms with Crippen LogP contribution in [0, 0.1) is 5.82 Å².